The van der Waals surface area contributed by atoms with Gasteiger partial charge < -0.3 is 5.32 Å². The molecular weight excluding hydrogens is 248 g/mol. The lowest BCUT2D eigenvalue weighted by molar-refractivity contribution is -0.122. The summed E-state index contributed by atoms with van der Waals surface area (Å²) in [6.45, 7) is 2.93. The number of nitrogens with one attached hydrogen (secondary N) is 1. The molecular formula is C17H22N2O. The van der Waals surface area contributed by atoms with Gasteiger partial charge in [-0.1, -0.05) is 56.2 Å². The van der Waals surface area contributed by atoms with Gasteiger partial charge in [0.1, 0.15) is 0 Å². The van der Waals surface area contributed by atoms with Crippen molar-refractivity contribution in [2.75, 3.05) is 6.54 Å². The van der Waals surface area contributed by atoms with Crippen LogP contribution in [0.4, 0.5) is 0 Å². The summed E-state index contributed by atoms with van der Waals surface area (Å²) >= 11 is 0. The summed E-state index contributed by atoms with van der Waals surface area (Å²) in [6.07, 6.45) is 7.94. The summed E-state index contributed by atoms with van der Waals surface area (Å²) in [7, 11) is 0. The van der Waals surface area contributed by atoms with Crippen LogP contribution in [-0.2, 0) is 4.79 Å². The number of carbonyl (C=O) groups excluding carboxylic acids is 1. The number of aliphatic imine (C=N–C) groups is 1. The first-order valence-corrected chi connectivity index (χ1v) is 7.38. The lowest BCUT2D eigenvalue weighted by Crippen LogP contribution is -2.32. The van der Waals surface area contributed by atoms with E-state index < -0.39 is 0 Å². The molecule has 0 aromatic heterocycles. The molecule has 3 heteroatoms. The average molecular weight is 270 g/mol. The van der Waals surface area contributed by atoms with Gasteiger partial charge in [0.15, 0.2) is 0 Å². The Morgan fingerprint density at radius 3 is 2.75 bits per heavy atom. The fraction of sp³-hybridized carbons (Fsp3) is 0.412. The quantitative estimate of drug-likeness (QED) is 0.791. The Labute approximate surface area is 120 Å². The molecule has 0 bridgehead atoms. The molecule has 1 atom stereocenters. The van der Waals surface area contributed by atoms with Gasteiger partial charge in [-0.2, -0.15) is 0 Å². The second-order valence-corrected chi connectivity index (χ2v) is 5.07. The highest BCUT2D eigenvalue weighted by Crippen LogP contribution is 2.21. The van der Waals surface area contributed by atoms with Gasteiger partial charge in [-0.15, -0.1) is 0 Å². The molecule has 1 heterocycles. The SMILES string of the molecule is CCCCCNC(=O)C1C=NC(c2ccccc2)=CC1. The number of benzene rings is 1. The van der Waals surface area contributed by atoms with Gasteiger partial charge in [0.05, 0.1) is 11.6 Å². The first-order chi connectivity index (χ1) is 9.81. The highest BCUT2D eigenvalue weighted by molar-refractivity contribution is 5.96. The predicted molar refractivity (Wildman–Crippen MR) is 83.6 cm³/mol. The number of amides is 1. The molecule has 2 rings (SSSR count). The molecule has 106 valence electrons. The second-order valence-electron chi connectivity index (χ2n) is 5.07. The molecule has 0 saturated carbocycles. The maximum absolute atomic E-state index is 12.0. The average Bonchev–Trinajstić information content (AvgIpc) is 2.52. The molecule has 0 aliphatic carbocycles. The zero-order valence-electron chi connectivity index (χ0n) is 12.0. The lowest BCUT2D eigenvalue weighted by atomic mass is 10.0. The Balaban J connectivity index is 1.83. The van der Waals surface area contributed by atoms with Crippen LogP contribution in [0.1, 0.15) is 38.2 Å². The van der Waals surface area contributed by atoms with Crippen LogP contribution in [0.25, 0.3) is 5.70 Å². The summed E-state index contributed by atoms with van der Waals surface area (Å²) in [5.74, 6) is -0.0303. The van der Waals surface area contributed by atoms with Crippen LogP contribution < -0.4 is 5.32 Å². The molecule has 0 radical (unpaired) electrons. The summed E-state index contributed by atoms with van der Waals surface area (Å²) in [5, 5.41) is 2.98. The molecule has 1 aromatic carbocycles. The third-order valence-corrected chi connectivity index (χ3v) is 3.44. The smallest absolute Gasteiger partial charge is 0.228 e. The Hall–Kier alpha value is -1.90. The standard InChI is InChI=1S/C17H22N2O/c1-2-3-7-12-18-17(20)15-10-11-16(19-13-15)14-8-5-4-6-9-14/h4-6,8-9,11,13,15H,2-3,7,10,12H2,1H3,(H,18,20). The summed E-state index contributed by atoms with van der Waals surface area (Å²) in [4.78, 5) is 16.4. The number of hydrogen-bond acceptors (Lipinski definition) is 2. The Kier molecular flexibility index (Phi) is 5.54. The number of hydrogen-bond donors (Lipinski definition) is 1. The van der Waals surface area contributed by atoms with Gasteiger partial charge in [0.25, 0.3) is 0 Å². The summed E-state index contributed by atoms with van der Waals surface area (Å²) in [5.41, 5.74) is 2.06. The van der Waals surface area contributed by atoms with Crippen LogP contribution in [0.15, 0.2) is 41.4 Å². The minimum atomic E-state index is -0.121. The van der Waals surface area contributed by atoms with E-state index >= 15 is 0 Å². The molecule has 1 N–H and O–H groups in total. The zero-order chi connectivity index (χ0) is 14.2. The minimum Gasteiger partial charge on any atom is -0.356 e. The second kappa shape index (κ2) is 7.63. The van der Waals surface area contributed by atoms with Crippen LogP contribution in [0.2, 0.25) is 0 Å². The van der Waals surface area contributed by atoms with E-state index in [1.807, 2.05) is 36.4 Å². The molecule has 3 nitrogen and oxygen atoms in total. The number of carbonyl (C=O) groups is 1. The van der Waals surface area contributed by atoms with Crippen molar-refractivity contribution < 1.29 is 4.79 Å². The fourth-order valence-electron chi connectivity index (χ4n) is 2.22. The van der Waals surface area contributed by atoms with E-state index in [2.05, 4.69) is 17.2 Å². The van der Waals surface area contributed by atoms with E-state index in [1.54, 1.807) is 6.21 Å². The van der Waals surface area contributed by atoms with Crippen molar-refractivity contribution in [1.82, 2.24) is 5.32 Å². The monoisotopic (exact) mass is 270 g/mol. The first-order valence-electron chi connectivity index (χ1n) is 7.38. The van der Waals surface area contributed by atoms with E-state index in [0.717, 1.165) is 37.1 Å². The third-order valence-electron chi connectivity index (χ3n) is 3.44. The maximum atomic E-state index is 12.0. The van der Waals surface area contributed by atoms with Gasteiger partial charge in [-0.3, -0.25) is 9.79 Å². The molecule has 0 spiro atoms. The summed E-state index contributed by atoms with van der Waals surface area (Å²) < 4.78 is 0. The van der Waals surface area contributed by atoms with E-state index in [1.165, 1.54) is 6.42 Å². The van der Waals surface area contributed by atoms with E-state index in [4.69, 9.17) is 0 Å². The van der Waals surface area contributed by atoms with Crippen molar-refractivity contribution in [3.8, 4) is 0 Å². The predicted octanol–water partition coefficient (Wildman–Crippen LogP) is 3.42. The number of rotatable bonds is 6. The van der Waals surface area contributed by atoms with Gasteiger partial charge in [-0.05, 0) is 18.4 Å². The van der Waals surface area contributed by atoms with Crippen molar-refractivity contribution in [2.45, 2.75) is 32.6 Å². The largest absolute Gasteiger partial charge is 0.356 e. The molecule has 1 amide bonds. The Morgan fingerprint density at radius 2 is 2.10 bits per heavy atom. The van der Waals surface area contributed by atoms with Gasteiger partial charge in [0, 0.05) is 12.8 Å². The number of unbranched alkanes of at least 4 members (excludes halogenated alkanes) is 2. The van der Waals surface area contributed by atoms with Crippen molar-refractivity contribution in [3.05, 3.63) is 42.0 Å². The van der Waals surface area contributed by atoms with Gasteiger partial charge >= 0.3 is 0 Å². The van der Waals surface area contributed by atoms with Gasteiger partial charge in [0.2, 0.25) is 5.91 Å². The molecule has 1 aliphatic heterocycles. The minimum absolute atomic E-state index is 0.0909. The molecule has 1 unspecified atom stereocenters. The van der Waals surface area contributed by atoms with E-state index in [9.17, 15) is 4.79 Å². The van der Waals surface area contributed by atoms with E-state index in [0.29, 0.717) is 0 Å². The van der Waals surface area contributed by atoms with Crippen LogP contribution in [0.3, 0.4) is 0 Å². The first kappa shape index (κ1) is 14.5. The van der Waals surface area contributed by atoms with Crippen molar-refractivity contribution in [3.63, 3.8) is 0 Å². The highest BCUT2D eigenvalue weighted by Gasteiger charge is 2.18. The molecule has 20 heavy (non-hydrogen) atoms. The van der Waals surface area contributed by atoms with Gasteiger partial charge in [-0.25, -0.2) is 0 Å². The number of nitrogens with zero attached hydrogens (tertiary/aromatic N) is 1. The van der Waals surface area contributed by atoms with Crippen LogP contribution in [-0.4, -0.2) is 18.7 Å². The third kappa shape index (κ3) is 4.05. The summed E-state index contributed by atoms with van der Waals surface area (Å²) in [6, 6.07) is 10.1. The normalized spacial score (nSPS) is 17.6. The fourth-order valence-corrected chi connectivity index (χ4v) is 2.22. The van der Waals surface area contributed by atoms with Crippen molar-refractivity contribution in [2.24, 2.45) is 10.9 Å². The zero-order valence-corrected chi connectivity index (χ0v) is 12.0. The van der Waals surface area contributed by atoms with Crippen LogP contribution >= 0.6 is 0 Å². The Bertz CT molecular complexity index is 491. The molecule has 0 saturated heterocycles. The number of allylic oxidation sites excluding steroid dienone is 1. The van der Waals surface area contributed by atoms with Crippen molar-refractivity contribution in [1.29, 1.82) is 0 Å². The van der Waals surface area contributed by atoms with Crippen molar-refractivity contribution >= 4 is 17.8 Å². The molecule has 0 fully saturated rings. The molecule has 1 aliphatic rings. The lowest BCUT2D eigenvalue weighted by Gasteiger charge is -2.15. The Morgan fingerprint density at radius 1 is 1.30 bits per heavy atom. The van der Waals surface area contributed by atoms with Crippen LogP contribution in [0, 0.1) is 5.92 Å². The maximum Gasteiger partial charge on any atom is 0.228 e. The van der Waals surface area contributed by atoms with E-state index in [-0.39, 0.29) is 11.8 Å². The topological polar surface area (TPSA) is 41.5 Å². The highest BCUT2D eigenvalue weighted by atomic mass is 16.1. The molecule has 1 aromatic rings. The van der Waals surface area contributed by atoms with Crippen LogP contribution in [0.5, 0.6) is 0 Å².